The Bertz CT molecular complexity index is 612. The lowest BCUT2D eigenvalue weighted by atomic mass is 10.3. The number of nitrogens with zero attached hydrogens (tertiary/aromatic N) is 1. The molecule has 2 rings (SSSR count). The van der Waals surface area contributed by atoms with Crippen molar-refractivity contribution in [1.82, 2.24) is 4.98 Å². The number of para-hydroxylation sites is 1. The van der Waals surface area contributed by atoms with Gasteiger partial charge in [0.25, 0.3) is 0 Å². The second-order valence-electron chi connectivity index (χ2n) is 3.96. The molecule has 106 valence electrons. The largest absolute Gasteiger partial charge is 0.485 e. The van der Waals surface area contributed by atoms with Crippen molar-refractivity contribution in [2.24, 2.45) is 0 Å². The Labute approximate surface area is 126 Å². The van der Waals surface area contributed by atoms with Gasteiger partial charge in [0.1, 0.15) is 22.2 Å². The molecule has 1 heterocycles. The molecule has 0 N–H and O–H groups in total. The molecular formula is C14H14ClNO3S. The summed E-state index contributed by atoms with van der Waals surface area (Å²) in [4.78, 5) is 16.5. The first kappa shape index (κ1) is 14.8. The molecule has 0 spiro atoms. The summed E-state index contributed by atoms with van der Waals surface area (Å²) in [6, 6.07) is 7.23. The number of rotatable bonds is 5. The highest BCUT2D eigenvalue weighted by molar-refractivity contribution is 7.13. The molecule has 6 heteroatoms. The van der Waals surface area contributed by atoms with E-state index in [-0.39, 0.29) is 12.6 Å². The first-order valence-electron chi connectivity index (χ1n) is 6.12. The topological polar surface area (TPSA) is 48.4 Å². The average molecular weight is 312 g/mol. The molecule has 0 aliphatic heterocycles. The average Bonchev–Trinajstić information content (AvgIpc) is 2.79. The van der Waals surface area contributed by atoms with E-state index < -0.39 is 0 Å². The monoisotopic (exact) mass is 311 g/mol. The van der Waals surface area contributed by atoms with E-state index in [1.54, 1.807) is 26.0 Å². The van der Waals surface area contributed by atoms with Crippen LogP contribution >= 0.6 is 22.9 Å². The van der Waals surface area contributed by atoms with Gasteiger partial charge in [-0.3, -0.25) is 0 Å². The van der Waals surface area contributed by atoms with Gasteiger partial charge in [-0.05, 0) is 26.0 Å². The normalized spacial score (nSPS) is 10.3. The number of aromatic nitrogens is 1. The van der Waals surface area contributed by atoms with Crippen LogP contribution in [-0.4, -0.2) is 17.6 Å². The van der Waals surface area contributed by atoms with Crippen LogP contribution in [0.15, 0.2) is 24.3 Å². The van der Waals surface area contributed by atoms with Crippen LogP contribution in [0.5, 0.6) is 5.75 Å². The Morgan fingerprint density at radius 2 is 2.15 bits per heavy atom. The van der Waals surface area contributed by atoms with Crippen LogP contribution in [0.2, 0.25) is 5.02 Å². The molecule has 0 radical (unpaired) electrons. The number of ether oxygens (including phenoxy) is 2. The maximum Gasteiger partial charge on any atom is 0.350 e. The Balaban J connectivity index is 2.06. The molecule has 1 aromatic heterocycles. The van der Waals surface area contributed by atoms with Gasteiger partial charge >= 0.3 is 5.97 Å². The summed E-state index contributed by atoms with van der Waals surface area (Å²) in [5.41, 5.74) is 0.659. The highest BCUT2D eigenvalue weighted by atomic mass is 35.5. The number of carbonyl (C=O) groups is 1. The van der Waals surface area contributed by atoms with Crippen molar-refractivity contribution in [3.8, 4) is 5.75 Å². The number of thiazole rings is 1. The molecule has 0 amide bonds. The fraction of sp³-hybridized carbons (Fsp3) is 0.286. The molecule has 1 aromatic carbocycles. The molecule has 0 bridgehead atoms. The van der Waals surface area contributed by atoms with Crippen LogP contribution in [0.3, 0.4) is 0 Å². The van der Waals surface area contributed by atoms with Gasteiger partial charge in [-0.25, -0.2) is 9.78 Å². The van der Waals surface area contributed by atoms with Gasteiger partial charge in [-0.15, -0.1) is 11.3 Å². The Kier molecular flexibility index (Phi) is 4.98. The third kappa shape index (κ3) is 3.49. The third-order valence-corrected chi connectivity index (χ3v) is 3.91. The fourth-order valence-corrected chi connectivity index (χ4v) is 2.66. The molecule has 2 aromatic rings. The zero-order valence-corrected chi connectivity index (χ0v) is 12.8. The third-order valence-electron chi connectivity index (χ3n) is 2.49. The van der Waals surface area contributed by atoms with Crippen LogP contribution in [0.25, 0.3) is 0 Å². The van der Waals surface area contributed by atoms with Crippen molar-refractivity contribution >= 4 is 28.9 Å². The van der Waals surface area contributed by atoms with Crippen molar-refractivity contribution < 1.29 is 14.3 Å². The van der Waals surface area contributed by atoms with Gasteiger partial charge in [0.15, 0.2) is 0 Å². The highest BCUT2D eigenvalue weighted by Crippen LogP contribution is 2.25. The quantitative estimate of drug-likeness (QED) is 0.787. The molecule has 0 aliphatic carbocycles. The zero-order valence-electron chi connectivity index (χ0n) is 11.2. The van der Waals surface area contributed by atoms with E-state index in [1.807, 2.05) is 12.1 Å². The first-order valence-corrected chi connectivity index (χ1v) is 7.32. The number of halogens is 1. The standard InChI is InChI=1S/C14H14ClNO3S/c1-3-18-14(17)13-9(2)16-12(20-13)8-19-11-7-5-4-6-10(11)15/h4-7H,3,8H2,1-2H3. The fourth-order valence-electron chi connectivity index (χ4n) is 1.60. The maximum absolute atomic E-state index is 11.7. The van der Waals surface area contributed by atoms with Crippen LogP contribution < -0.4 is 4.74 Å². The number of carbonyl (C=O) groups excluding carboxylic acids is 1. The minimum Gasteiger partial charge on any atom is -0.485 e. The van der Waals surface area contributed by atoms with Gasteiger partial charge in [0.2, 0.25) is 0 Å². The number of hydrogen-bond donors (Lipinski definition) is 0. The van der Waals surface area contributed by atoms with Crippen molar-refractivity contribution in [1.29, 1.82) is 0 Å². The van der Waals surface area contributed by atoms with Crippen molar-refractivity contribution in [3.63, 3.8) is 0 Å². The summed E-state index contributed by atoms with van der Waals surface area (Å²) in [6.45, 7) is 4.17. The minimum atomic E-state index is -0.341. The van der Waals surface area contributed by atoms with Crippen LogP contribution in [-0.2, 0) is 11.3 Å². The van der Waals surface area contributed by atoms with Gasteiger partial charge < -0.3 is 9.47 Å². The molecule has 20 heavy (non-hydrogen) atoms. The predicted molar refractivity (Wildman–Crippen MR) is 78.6 cm³/mol. The van der Waals surface area contributed by atoms with Gasteiger partial charge in [0, 0.05) is 0 Å². The molecule has 0 saturated heterocycles. The molecule has 0 atom stereocenters. The van der Waals surface area contributed by atoms with Crippen molar-refractivity contribution in [2.45, 2.75) is 20.5 Å². The van der Waals surface area contributed by atoms with Gasteiger partial charge in [-0.1, -0.05) is 23.7 Å². The lowest BCUT2D eigenvalue weighted by Gasteiger charge is -2.05. The van der Waals surface area contributed by atoms with E-state index in [0.29, 0.717) is 33.0 Å². The Morgan fingerprint density at radius 1 is 1.40 bits per heavy atom. The minimum absolute atomic E-state index is 0.272. The Morgan fingerprint density at radius 3 is 2.85 bits per heavy atom. The first-order chi connectivity index (χ1) is 9.61. The lowest BCUT2D eigenvalue weighted by Crippen LogP contribution is -2.03. The van der Waals surface area contributed by atoms with E-state index in [1.165, 1.54) is 11.3 Å². The van der Waals surface area contributed by atoms with Crippen molar-refractivity contribution in [3.05, 3.63) is 44.9 Å². The van der Waals surface area contributed by atoms with E-state index in [9.17, 15) is 4.79 Å². The summed E-state index contributed by atoms with van der Waals surface area (Å²) in [5, 5.41) is 1.26. The molecule has 0 unspecified atom stereocenters. The number of hydrogen-bond acceptors (Lipinski definition) is 5. The van der Waals surface area contributed by atoms with Crippen LogP contribution in [0.1, 0.15) is 27.3 Å². The smallest absolute Gasteiger partial charge is 0.350 e. The lowest BCUT2D eigenvalue weighted by molar-refractivity contribution is 0.0531. The van der Waals surface area contributed by atoms with E-state index in [2.05, 4.69) is 4.98 Å². The summed E-state index contributed by atoms with van der Waals surface area (Å²) >= 11 is 7.28. The highest BCUT2D eigenvalue weighted by Gasteiger charge is 2.16. The van der Waals surface area contributed by atoms with Crippen LogP contribution in [0.4, 0.5) is 0 Å². The van der Waals surface area contributed by atoms with E-state index in [4.69, 9.17) is 21.1 Å². The molecule has 0 saturated carbocycles. The second-order valence-corrected chi connectivity index (χ2v) is 5.45. The van der Waals surface area contributed by atoms with Gasteiger partial charge in [0.05, 0.1) is 17.3 Å². The SMILES string of the molecule is CCOC(=O)c1sc(COc2ccccc2Cl)nc1C. The molecule has 0 fully saturated rings. The summed E-state index contributed by atoms with van der Waals surface area (Å²) < 4.78 is 10.6. The molecular weight excluding hydrogens is 298 g/mol. The van der Waals surface area contributed by atoms with E-state index in [0.717, 1.165) is 0 Å². The predicted octanol–water partition coefficient (Wildman–Crippen LogP) is 3.86. The summed E-state index contributed by atoms with van der Waals surface area (Å²) in [6.07, 6.45) is 0. The Hall–Kier alpha value is -1.59. The summed E-state index contributed by atoms with van der Waals surface area (Å²) in [7, 11) is 0. The van der Waals surface area contributed by atoms with Crippen molar-refractivity contribution in [2.75, 3.05) is 6.61 Å². The molecule has 4 nitrogen and oxygen atoms in total. The number of aryl methyl sites for hydroxylation is 1. The number of benzene rings is 1. The van der Waals surface area contributed by atoms with Gasteiger partial charge in [-0.2, -0.15) is 0 Å². The maximum atomic E-state index is 11.7. The number of esters is 1. The zero-order chi connectivity index (χ0) is 14.5. The summed E-state index contributed by atoms with van der Waals surface area (Å²) in [5.74, 6) is 0.256. The molecule has 0 aliphatic rings. The second kappa shape index (κ2) is 6.72. The van der Waals surface area contributed by atoms with E-state index >= 15 is 0 Å². The van der Waals surface area contributed by atoms with Crippen LogP contribution in [0, 0.1) is 6.92 Å².